The van der Waals surface area contributed by atoms with Crippen LogP contribution in [0.5, 0.6) is 11.5 Å². The zero-order chi connectivity index (χ0) is 16.1. The van der Waals surface area contributed by atoms with Crippen LogP contribution in [0.1, 0.15) is 10.5 Å². The van der Waals surface area contributed by atoms with Crippen molar-refractivity contribution in [3.63, 3.8) is 0 Å². The van der Waals surface area contributed by atoms with Crippen molar-refractivity contribution >= 4 is 11.7 Å². The maximum atomic E-state index is 11.9. The van der Waals surface area contributed by atoms with Crippen molar-refractivity contribution in [3.8, 4) is 35.2 Å². The minimum absolute atomic E-state index is 0.0966. The van der Waals surface area contributed by atoms with E-state index in [-0.39, 0.29) is 18.1 Å². The highest BCUT2D eigenvalue weighted by Gasteiger charge is 2.16. The maximum absolute atomic E-state index is 11.9. The Hall–Kier alpha value is -3.14. The van der Waals surface area contributed by atoms with Gasteiger partial charge in [-0.15, -0.1) is 6.42 Å². The first-order valence-electron chi connectivity index (χ1n) is 6.40. The Bertz CT molecular complexity index is 731. The van der Waals surface area contributed by atoms with Crippen molar-refractivity contribution in [1.82, 2.24) is 15.3 Å². The third kappa shape index (κ3) is 2.96. The SMILES string of the molecule is C#CCNC(=O)c1[nH]c(-c2ccc(OC)c(OC)c2)nc1N. The number of methoxy groups -OCH3 is 2. The van der Waals surface area contributed by atoms with Gasteiger partial charge in [-0.25, -0.2) is 4.98 Å². The molecule has 0 fully saturated rings. The number of anilines is 1. The number of aromatic amines is 1. The number of benzene rings is 1. The summed E-state index contributed by atoms with van der Waals surface area (Å²) in [6, 6.07) is 5.26. The Balaban J connectivity index is 2.34. The Kier molecular flexibility index (Phi) is 4.53. The third-order valence-electron chi connectivity index (χ3n) is 2.97. The van der Waals surface area contributed by atoms with E-state index in [9.17, 15) is 4.79 Å². The van der Waals surface area contributed by atoms with Gasteiger partial charge in [-0.3, -0.25) is 4.79 Å². The molecule has 0 aliphatic carbocycles. The molecule has 114 valence electrons. The van der Waals surface area contributed by atoms with Crippen LogP contribution >= 0.6 is 0 Å². The molecule has 7 nitrogen and oxygen atoms in total. The summed E-state index contributed by atoms with van der Waals surface area (Å²) in [5.74, 6) is 3.60. The summed E-state index contributed by atoms with van der Waals surface area (Å²) < 4.78 is 10.4. The molecule has 4 N–H and O–H groups in total. The Morgan fingerprint density at radius 3 is 2.77 bits per heavy atom. The van der Waals surface area contributed by atoms with Gasteiger partial charge in [0, 0.05) is 5.56 Å². The number of nitrogens with two attached hydrogens (primary N) is 1. The van der Waals surface area contributed by atoms with Crippen molar-refractivity contribution in [2.45, 2.75) is 0 Å². The molecule has 0 saturated heterocycles. The molecule has 0 aliphatic heterocycles. The molecule has 0 radical (unpaired) electrons. The van der Waals surface area contributed by atoms with Crippen LogP contribution < -0.4 is 20.5 Å². The highest BCUT2D eigenvalue weighted by molar-refractivity contribution is 5.97. The largest absolute Gasteiger partial charge is 0.493 e. The molecule has 1 aromatic heterocycles. The normalized spacial score (nSPS) is 9.86. The highest BCUT2D eigenvalue weighted by Crippen LogP contribution is 2.31. The van der Waals surface area contributed by atoms with E-state index in [1.807, 2.05) is 0 Å². The second-order valence-corrected chi connectivity index (χ2v) is 4.30. The van der Waals surface area contributed by atoms with Crippen molar-refractivity contribution in [2.24, 2.45) is 0 Å². The first kappa shape index (κ1) is 15.3. The van der Waals surface area contributed by atoms with E-state index >= 15 is 0 Å². The number of carbonyl (C=O) groups is 1. The molecular formula is C15H16N4O3. The van der Waals surface area contributed by atoms with Gasteiger partial charge in [0.25, 0.3) is 5.91 Å². The molecule has 2 rings (SSSR count). The Labute approximate surface area is 127 Å². The molecule has 1 aromatic carbocycles. The third-order valence-corrected chi connectivity index (χ3v) is 2.97. The standard InChI is InChI=1S/C15H16N4O3/c1-4-7-17-15(20)12-13(16)19-14(18-12)9-5-6-10(21-2)11(8-9)22-3/h1,5-6,8H,7,16H2,2-3H3,(H,17,20)(H,18,19). The number of ether oxygens (including phenoxy) is 2. The van der Waals surface area contributed by atoms with E-state index in [2.05, 4.69) is 21.2 Å². The average molecular weight is 300 g/mol. The van der Waals surface area contributed by atoms with Gasteiger partial charge < -0.3 is 25.5 Å². The topological polar surface area (TPSA) is 102 Å². The van der Waals surface area contributed by atoms with E-state index < -0.39 is 5.91 Å². The van der Waals surface area contributed by atoms with Crippen LogP contribution in [0.25, 0.3) is 11.4 Å². The number of carbonyl (C=O) groups excluding carboxylic acids is 1. The van der Waals surface area contributed by atoms with Gasteiger partial charge in [0.05, 0.1) is 20.8 Å². The first-order valence-corrected chi connectivity index (χ1v) is 6.40. The van der Waals surface area contributed by atoms with Crippen LogP contribution in [-0.2, 0) is 0 Å². The molecule has 0 spiro atoms. The number of rotatable bonds is 5. The second-order valence-electron chi connectivity index (χ2n) is 4.30. The Morgan fingerprint density at radius 1 is 1.41 bits per heavy atom. The number of H-pyrrole nitrogens is 1. The fraction of sp³-hybridized carbons (Fsp3) is 0.200. The molecule has 1 heterocycles. The minimum atomic E-state index is -0.408. The molecule has 1 amide bonds. The van der Waals surface area contributed by atoms with Crippen LogP contribution in [0.3, 0.4) is 0 Å². The van der Waals surface area contributed by atoms with E-state index in [1.165, 1.54) is 7.11 Å². The van der Waals surface area contributed by atoms with E-state index in [1.54, 1.807) is 25.3 Å². The minimum Gasteiger partial charge on any atom is -0.493 e. The fourth-order valence-corrected chi connectivity index (χ4v) is 1.90. The molecule has 2 aromatic rings. The van der Waals surface area contributed by atoms with Crippen molar-refractivity contribution in [2.75, 3.05) is 26.5 Å². The fourth-order valence-electron chi connectivity index (χ4n) is 1.90. The van der Waals surface area contributed by atoms with Crippen molar-refractivity contribution in [1.29, 1.82) is 0 Å². The summed E-state index contributed by atoms with van der Waals surface area (Å²) in [5, 5.41) is 2.52. The number of amides is 1. The quantitative estimate of drug-likeness (QED) is 0.716. The molecule has 0 unspecified atom stereocenters. The van der Waals surface area contributed by atoms with Crippen LogP contribution in [-0.4, -0.2) is 36.6 Å². The lowest BCUT2D eigenvalue weighted by atomic mass is 10.2. The van der Waals surface area contributed by atoms with Gasteiger partial charge in [-0.05, 0) is 18.2 Å². The number of terminal acetylenes is 1. The van der Waals surface area contributed by atoms with Gasteiger partial charge in [0.1, 0.15) is 11.5 Å². The smallest absolute Gasteiger partial charge is 0.272 e. The van der Waals surface area contributed by atoms with Gasteiger partial charge in [-0.1, -0.05) is 5.92 Å². The molecule has 7 heteroatoms. The molecule has 0 bridgehead atoms. The van der Waals surface area contributed by atoms with Gasteiger partial charge in [0.2, 0.25) is 0 Å². The number of hydrogen-bond acceptors (Lipinski definition) is 5. The van der Waals surface area contributed by atoms with E-state index in [0.717, 1.165) is 0 Å². The van der Waals surface area contributed by atoms with Crippen LogP contribution in [0.2, 0.25) is 0 Å². The number of nitrogen functional groups attached to an aromatic ring is 1. The lowest BCUT2D eigenvalue weighted by Gasteiger charge is -2.08. The van der Waals surface area contributed by atoms with E-state index in [4.69, 9.17) is 21.6 Å². The summed E-state index contributed by atoms with van der Waals surface area (Å²) >= 11 is 0. The molecule has 0 saturated carbocycles. The zero-order valence-electron chi connectivity index (χ0n) is 12.3. The lowest BCUT2D eigenvalue weighted by molar-refractivity contribution is 0.0955. The zero-order valence-corrected chi connectivity index (χ0v) is 12.3. The summed E-state index contributed by atoms with van der Waals surface area (Å²) in [5.41, 5.74) is 6.64. The monoisotopic (exact) mass is 300 g/mol. The van der Waals surface area contributed by atoms with Gasteiger partial charge >= 0.3 is 0 Å². The summed E-state index contributed by atoms with van der Waals surface area (Å²) in [7, 11) is 3.09. The summed E-state index contributed by atoms with van der Waals surface area (Å²) in [6.45, 7) is 0.114. The number of hydrogen-bond donors (Lipinski definition) is 3. The van der Waals surface area contributed by atoms with Crippen LogP contribution in [0, 0.1) is 12.3 Å². The lowest BCUT2D eigenvalue weighted by Crippen LogP contribution is -2.24. The molecule has 22 heavy (non-hydrogen) atoms. The summed E-state index contributed by atoms with van der Waals surface area (Å²) in [4.78, 5) is 18.9. The predicted octanol–water partition coefficient (Wildman–Crippen LogP) is 1.04. The number of nitrogens with zero attached hydrogens (tertiary/aromatic N) is 1. The number of imidazole rings is 1. The van der Waals surface area contributed by atoms with Crippen LogP contribution in [0.4, 0.5) is 5.82 Å². The van der Waals surface area contributed by atoms with Gasteiger partial charge in [0.15, 0.2) is 17.3 Å². The van der Waals surface area contributed by atoms with E-state index in [0.29, 0.717) is 22.9 Å². The maximum Gasteiger partial charge on any atom is 0.272 e. The van der Waals surface area contributed by atoms with Crippen LogP contribution in [0.15, 0.2) is 18.2 Å². The number of aromatic nitrogens is 2. The van der Waals surface area contributed by atoms with Crippen molar-refractivity contribution < 1.29 is 14.3 Å². The van der Waals surface area contributed by atoms with Crippen molar-refractivity contribution in [3.05, 3.63) is 23.9 Å². The Morgan fingerprint density at radius 2 is 2.14 bits per heavy atom. The average Bonchev–Trinajstić information content (AvgIpc) is 2.93. The first-order chi connectivity index (χ1) is 10.6. The number of nitrogens with one attached hydrogen (secondary N) is 2. The molecule has 0 aliphatic rings. The second kappa shape index (κ2) is 6.54. The summed E-state index contributed by atoms with van der Waals surface area (Å²) in [6.07, 6.45) is 5.10. The predicted molar refractivity (Wildman–Crippen MR) is 82.7 cm³/mol. The highest BCUT2D eigenvalue weighted by atomic mass is 16.5. The molecular weight excluding hydrogens is 284 g/mol. The molecule has 0 atom stereocenters. The van der Waals surface area contributed by atoms with Gasteiger partial charge in [-0.2, -0.15) is 0 Å².